The molecule has 1 N–H and O–H groups in total. The van der Waals surface area contributed by atoms with Gasteiger partial charge in [-0.25, -0.2) is 4.98 Å². The molecular weight excluding hydrogens is 342 g/mol. The quantitative estimate of drug-likeness (QED) is 0.670. The summed E-state index contributed by atoms with van der Waals surface area (Å²) < 4.78 is 12.6. The molecule has 1 amide bonds. The van der Waals surface area contributed by atoms with Crippen molar-refractivity contribution in [2.45, 2.75) is 33.1 Å². The molecule has 0 unspecified atom stereocenters. The molecule has 0 atom stereocenters. The van der Waals surface area contributed by atoms with Crippen LogP contribution in [0, 0.1) is 6.92 Å². The van der Waals surface area contributed by atoms with E-state index in [1.807, 2.05) is 47.9 Å². The molecule has 0 aliphatic carbocycles. The lowest BCUT2D eigenvalue weighted by molar-refractivity contribution is -0.116. The Morgan fingerprint density at radius 1 is 1.15 bits per heavy atom. The predicted octanol–water partition coefficient (Wildman–Crippen LogP) is 4.46. The van der Waals surface area contributed by atoms with Gasteiger partial charge in [0, 0.05) is 18.2 Å². The van der Waals surface area contributed by atoms with E-state index in [4.69, 9.17) is 14.5 Å². The molecule has 3 aromatic rings. The van der Waals surface area contributed by atoms with Crippen LogP contribution in [-0.2, 0) is 4.79 Å². The Balaban J connectivity index is 2.11. The molecule has 0 saturated carbocycles. The largest absolute Gasteiger partial charge is 0.493 e. The zero-order chi connectivity index (χ0) is 19.4. The van der Waals surface area contributed by atoms with Gasteiger partial charge < -0.3 is 14.8 Å². The molecule has 0 aliphatic heterocycles. The molecule has 0 saturated heterocycles. The van der Waals surface area contributed by atoms with E-state index in [0.29, 0.717) is 29.4 Å². The summed E-state index contributed by atoms with van der Waals surface area (Å²) in [4.78, 5) is 17.1. The first-order valence-electron chi connectivity index (χ1n) is 9.08. The van der Waals surface area contributed by atoms with Crippen molar-refractivity contribution in [3.63, 3.8) is 0 Å². The van der Waals surface area contributed by atoms with Gasteiger partial charge in [-0.05, 0) is 49.2 Å². The van der Waals surface area contributed by atoms with Crippen molar-refractivity contribution in [2.24, 2.45) is 0 Å². The monoisotopic (exact) mass is 367 g/mol. The number of hydrogen-bond donors (Lipinski definition) is 1. The highest BCUT2D eigenvalue weighted by atomic mass is 16.5. The van der Waals surface area contributed by atoms with E-state index in [9.17, 15) is 4.79 Å². The predicted molar refractivity (Wildman–Crippen MR) is 107 cm³/mol. The number of rotatable bonds is 7. The van der Waals surface area contributed by atoms with Crippen LogP contribution in [0.25, 0.3) is 16.9 Å². The SMILES string of the molecule is CCCCC(=O)Nc1c(-c2ccc(OC)c(OC)c2)nc2cc(C)ccn12. The van der Waals surface area contributed by atoms with Gasteiger partial charge >= 0.3 is 0 Å². The van der Waals surface area contributed by atoms with Crippen LogP contribution in [0.4, 0.5) is 5.82 Å². The fourth-order valence-electron chi connectivity index (χ4n) is 2.98. The molecule has 2 heterocycles. The van der Waals surface area contributed by atoms with Crippen LogP contribution in [0.1, 0.15) is 31.7 Å². The number of amides is 1. The minimum Gasteiger partial charge on any atom is -0.493 e. The molecule has 2 aromatic heterocycles. The number of imidazole rings is 1. The maximum absolute atomic E-state index is 12.4. The molecule has 0 bridgehead atoms. The molecule has 3 rings (SSSR count). The van der Waals surface area contributed by atoms with Crippen molar-refractivity contribution in [1.29, 1.82) is 0 Å². The summed E-state index contributed by atoms with van der Waals surface area (Å²) in [5.74, 6) is 1.92. The normalized spacial score (nSPS) is 10.8. The molecule has 6 nitrogen and oxygen atoms in total. The number of fused-ring (bicyclic) bond motifs is 1. The van der Waals surface area contributed by atoms with Gasteiger partial charge in [0.2, 0.25) is 5.91 Å². The summed E-state index contributed by atoms with van der Waals surface area (Å²) in [5.41, 5.74) is 3.44. The highest BCUT2D eigenvalue weighted by Crippen LogP contribution is 2.35. The molecule has 6 heteroatoms. The van der Waals surface area contributed by atoms with E-state index in [2.05, 4.69) is 12.2 Å². The standard InChI is InChI=1S/C21H25N3O3/c1-5-6-7-19(25)23-21-20(22-18-12-14(2)10-11-24(18)21)15-8-9-16(26-3)17(13-15)27-4/h8-13H,5-7H2,1-4H3,(H,23,25). The zero-order valence-corrected chi connectivity index (χ0v) is 16.2. The Kier molecular flexibility index (Phi) is 5.64. The number of benzene rings is 1. The average Bonchev–Trinajstić information content (AvgIpc) is 3.03. The van der Waals surface area contributed by atoms with Gasteiger partial charge in [-0.1, -0.05) is 13.3 Å². The molecule has 0 radical (unpaired) electrons. The van der Waals surface area contributed by atoms with E-state index >= 15 is 0 Å². The van der Waals surface area contributed by atoms with Gasteiger partial charge in [-0.15, -0.1) is 0 Å². The lowest BCUT2D eigenvalue weighted by Gasteiger charge is -2.11. The first-order valence-corrected chi connectivity index (χ1v) is 9.08. The minimum absolute atomic E-state index is 0.0130. The van der Waals surface area contributed by atoms with Gasteiger partial charge in [0.05, 0.1) is 14.2 Å². The van der Waals surface area contributed by atoms with Crippen molar-refractivity contribution in [3.8, 4) is 22.8 Å². The molecule has 1 aromatic carbocycles. The number of methoxy groups -OCH3 is 2. The summed E-state index contributed by atoms with van der Waals surface area (Å²) in [6, 6.07) is 9.61. The van der Waals surface area contributed by atoms with Crippen LogP contribution in [0.2, 0.25) is 0 Å². The number of ether oxygens (including phenoxy) is 2. The van der Waals surface area contributed by atoms with Crippen molar-refractivity contribution in [1.82, 2.24) is 9.38 Å². The molecule has 0 fully saturated rings. The highest BCUT2D eigenvalue weighted by molar-refractivity contribution is 5.94. The van der Waals surface area contributed by atoms with Crippen molar-refractivity contribution in [2.75, 3.05) is 19.5 Å². The summed E-state index contributed by atoms with van der Waals surface area (Å²) in [6.07, 6.45) is 4.24. The number of aryl methyl sites for hydroxylation is 1. The third-order valence-corrected chi connectivity index (χ3v) is 4.45. The Morgan fingerprint density at radius 3 is 2.63 bits per heavy atom. The lowest BCUT2D eigenvalue weighted by Crippen LogP contribution is -2.13. The number of nitrogens with zero attached hydrogens (tertiary/aromatic N) is 2. The van der Waals surface area contributed by atoms with E-state index in [1.165, 1.54) is 0 Å². The summed E-state index contributed by atoms with van der Waals surface area (Å²) in [5, 5.41) is 3.04. The van der Waals surface area contributed by atoms with Crippen LogP contribution in [0.15, 0.2) is 36.5 Å². The van der Waals surface area contributed by atoms with Crippen molar-refractivity contribution in [3.05, 3.63) is 42.1 Å². The van der Waals surface area contributed by atoms with Gasteiger partial charge in [0.25, 0.3) is 0 Å². The number of unbranched alkanes of at least 4 members (excludes halogenated alkanes) is 1. The Morgan fingerprint density at radius 2 is 1.93 bits per heavy atom. The second-order valence-electron chi connectivity index (χ2n) is 6.46. The van der Waals surface area contributed by atoms with Gasteiger partial charge in [0.1, 0.15) is 17.2 Å². The maximum atomic E-state index is 12.4. The topological polar surface area (TPSA) is 64.9 Å². The second kappa shape index (κ2) is 8.12. The third kappa shape index (κ3) is 3.89. The molecule has 0 spiro atoms. The van der Waals surface area contributed by atoms with Crippen LogP contribution in [0.3, 0.4) is 0 Å². The van der Waals surface area contributed by atoms with Crippen LogP contribution < -0.4 is 14.8 Å². The molecular formula is C21H25N3O3. The van der Waals surface area contributed by atoms with Gasteiger partial charge in [-0.2, -0.15) is 0 Å². The van der Waals surface area contributed by atoms with Crippen LogP contribution in [0.5, 0.6) is 11.5 Å². The average molecular weight is 367 g/mol. The third-order valence-electron chi connectivity index (χ3n) is 4.45. The van der Waals surface area contributed by atoms with E-state index in [0.717, 1.165) is 29.6 Å². The molecule has 142 valence electrons. The lowest BCUT2D eigenvalue weighted by atomic mass is 10.1. The Hall–Kier alpha value is -3.02. The number of carbonyl (C=O) groups is 1. The van der Waals surface area contributed by atoms with E-state index in [1.54, 1.807) is 14.2 Å². The van der Waals surface area contributed by atoms with Crippen LogP contribution >= 0.6 is 0 Å². The van der Waals surface area contributed by atoms with Crippen LogP contribution in [-0.4, -0.2) is 29.5 Å². The fraction of sp³-hybridized carbons (Fsp3) is 0.333. The summed E-state index contributed by atoms with van der Waals surface area (Å²) >= 11 is 0. The summed E-state index contributed by atoms with van der Waals surface area (Å²) in [7, 11) is 3.20. The first kappa shape index (κ1) is 18.8. The maximum Gasteiger partial charge on any atom is 0.225 e. The van der Waals surface area contributed by atoms with E-state index < -0.39 is 0 Å². The number of hydrogen-bond acceptors (Lipinski definition) is 4. The van der Waals surface area contributed by atoms with Crippen molar-refractivity contribution >= 4 is 17.4 Å². The van der Waals surface area contributed by atoms with Gasteiger partial charge in [0.15, 0.2) is 11.5 Å². The molecule has 0 aliphatic rings. The molecule has 27 heavy (non-hydrogen) atoms. The number of aromatic nitrogens is 2. The highest BCUT2D eigenvalue weighted by Gasteiger charge is 2.18. The number of pyridine rings is 1. The first-order chi connectivity index (χ1) is 13.1. The fourth-order valence-corrected chi connectivity index (χ4v) is 2.98. The minimum atomic E-state index is -0.0130. The van der Waals surface area contributed by atoms with E-state index in [-0.39, 0.29) is 5.91 Å². The Labute approximate surface area is 159 Å². The number of carbonyl (C=O) groups excluding carboxylic acids is 1. The van der Waals surface area contributed by atoms with Gasteiger partial charge in [-0.3, -0.25) is 9.20 Å². The van der Waals surface area contributed by atoms with Crippen molar-refractivity contribution < 1.29 is 14.3 Å². The Bertz CT molecular complexity index is 963. The summed E-state index contributed by atoms with van der Waals surface area (Å²) in [6.45, 7) is 4.09. The number of nitrogens with one attached hydrogen (secondary N) is 1. The number of anilines is 1. The second-order valence-corrected chi connectivity index (χ2v) is 6.46. The zero-order valence-electron chi connectivity index (χ0n) is 16.2. The smallest absolute Gasteiger partial charge is 0.225 e.